The molecular weight excluding hydrogens is 508 g/mol. The highest BCUT2D eigenvalue weighted by molar-refractivity contribution is 5.92. The zero-order chi connectivity index (χ0) is 28.6. The lowest BCUT2D eigenvalue weighted by atomic mass is 10.1. The van der Waals surface area contributed by atoms with Crippen molar-refractivity contribution < 1.29 is 33.3 Å². The molecule has 3 rings (SSSR count). The molecular formula is C33H36O7. The van der Waals surface area contributed by atoms with Crippen LogP contribution >= 0.6 is 0 Å². The molecule has 40 heavy (non-hydrogen) atoms. The largest absolute Gasteiger partial charge is 0.494 e. The highest BCUT2D eigenvalue weighted by Crippen LogP contribution is 2.19. The van der Waals surface area contributed by atoms with Gasteiger partial charge in [0.05, 0.1) is 24.3 Å². The summed E-state index contributed by atoms with van der Waals surface area (Å²) in [5.41, 5.74) is 1.91. The van der Waals surface area contributed by atoms with Gasteiger partial charge in [-0.2, -0.15) is 0 Å². The third kappa shape index (κ3) is 10.4. The molecule has 7 nitrogen and oxygen atoms in total. The fourth-order valence-corrected chi connectivity index (χ4v) is 3.80. The Kier molecular flexibility index (Phi) is 12.5. The molecule has 0 aliphatic carbocycles. The van der Waals surface area contributed by atoms with Crippen LogP contribution < -0.4 is 14.2 Å². The summed E-state index contributed by atoms with van der Waals surface area (Å²) in [6.07, 6.45) is 8.14. The van der Waals surface area contributed by atoms with Crippen molar-refractivity contribution in [2.24, 2.45) is 0 Å². The van der Waals surface area contributed by atoms with E-state index in [2.05, 4.69) is 13.5 Å². The van der Waals surface area contributed by atoms with E-state index in [0.29, 0.717) is 41.6 Å². The standard InChI is InChI=1S/C33H36O7/c1-3-25-11-17-29(18-12-25)39-33(36)27-15-21-30(22-16-27)40-32(35)26-13-19-28(20-14-26)37-23-9-7-5-6-8-10-24-38-31(34)4-2/h4,11-22H,2-3,5-10,23-24H2,1H3. The van der Waals surface area contributed by atoms with Gasteiger partial charge in [-0.05, 0) is 85.5 Å². The average Bonchev–Trinajstić information content (AvgIpc) is 2.99. The molecule has 210 valence electrons. The van der Waals surface area contributed by atoms with Crippen LogP contribution in [0, 0.1) is 0 Å². The molecule has 0 radical (unpaired) electrons. The number of ether oxygens (including phenoxy) is 4. The van der Waals surface area contributed by atoms with Crippen LogP contribution in [-0.2, 0) is 16.0 Å². The molecule has 3 aromatic rings. The fraction of sp³-hybridized carbons (Fsp3) is 0.303. The van der Waals surface area contributed by atoms with E-state index in [0.717, 1.165) is 50.5 Å². The molecule has 0 aliphatic rings. The predicted octanol–water partition coefficient (Wildman–Crippen LogP) is 7.14. The van der Waals surface area contributed by atoms with Crippen LogP contribution in [0.15, 0.2) is 85.5 Å². The summed E-state index contributed by atoms with van der Waals surface area (Å²) in [6.45, 7) is 6.46. The van der Waals surface area contributed by atoms with E-state index in [-0.39, 0.29) is 5.97 Å². The van der Waals surface area contributed by atoms with Crippen LogP contribution in [0.3, 0.4) is 0 Å². The van der Waals surface area contributed by atoms with E-state index >= 15 is 0 Å². The first kappa shape index (κ1) is 30.2. The normalized spacial score (nSPS) is 10.4. The van der Waals surface area contributed by atoms with Gasteiger partial charge < -0.3 is 18.9 Å². The van der Waals surface area contributed by atoms with Crippen molar-refractivity contribution in [2.45, 2.75) is 51.9 Å². The van der Waals surface area contributed by atoms with Crippen molar-refractivity contribution >= 4 is 17.9 Å². The Morgan fingerprint density at radius 3 is 1.57 bits per heavy atom. The van der Waals surface area contributed by atoms with Crippen molar-refractivity contribution in [3.63, 3.8) is 0 Å². The minimum absolute atomic E-state index is 0.326. The average molecular weight is 545 g/mol. The minimum Gasteiger partial charge on any atom is -0.494 e. The molecule has 0 aliphatic heterocycles. The lowest BCUT2D eigenvalue weighted by Gasteiger charge is -2.08. The molecule has 0 heterocycles. The van der Waals surface area contributed by atoms with Crippen LogP contribution in [-0.4, -0.2) is 31.1 Å². The summed E-state index contributed by atoms with van der Waals surface area (Å²) in [6, 6.07) is 20.4. The second kappa shape index (κ2) is 16.5. The number of carbonyl (C=O) groups excluding carboxylic acids is 3. The lowest BCUT2D eigenvalue weighted by Crippen LogP contribution is -2.10. The second-order valence-corrected chi connectivity index (χ2v) is 9.17. The number of hydrogen-bond acceptors (Lipinski definition) is 7. The van der Waals surface area contributed by atoms with Gasteiger partial charge in [-0.25, -0.2) is 14.4 Å². The van der Waals surface area contributed by atoms with E-state index in [4.69, 9.17) is 18.9 Å². The maximum atomic E-state index is 12.5. The summed E-state index contributed by atoms with van der Waals surface area (Å²) < 4.78 is 21.6. The maximum Gasteiger partial charge on any atom is 0.343 e. The molecule has 0 N–H and O–H groups in total. The van der Waals surface area contributed by atoms with E-state index in [1.807, 2.05) is 12.1 Å². The first-order valence-corrected chi connectivity index (χ1v) is 13.6. The van der Waals surface area contributed by atoms with E-state index in [1.54, 1.807) is 60.7 Å². The SMILES string of the molecule is C=CC(=O)OCCCCCCCCOc1ccc(C(=O)Oc2ccc(C(=O)Oc3ccc(CC)cc3)cc2)cc1. The topological polar surface area (TPSA) is 88.1 Å². The van der Waals surface area contributed by atoms with Crippen molar-refractivity contribution in [1.82, 2.24) is 0 Å². The van der Waals surface area contributed by atoms with Crippen LogP contribution in [0.5, 0.6) is 17.2 Å². The quantitative estimate of drug-likeness (QED) is 0.0820. The number of aryl methyl sites for hydroxylation is 1. The van der Waals surface area contributed by atoms with Gasteiger partial charge in [0.2, 0.25) is 0 Å². The Balaban J connectivity index is 1.33. The molecule has 0 atom stereocenters. The van der Waals surface area contributed by atoms with Gasteiger partial charge in [0.1, 0.15) is 17.2 Å². The van der Waals surface area contributed by atoms with Crippen molar-refractivity contribution in [3.05, 3.63) is 102 Å². The van der Waals surface area contributed by atoms with Gasteiger partial charge in [-0.15, -0.1) is 0 Å². The van der Waals surface area contributed by atoms with Crippen LogP contribution in [0.25, 0.3) is 0 Å². The Hall–Kier alpha value is -4.39. The third-order valence-corrected chi connectivity index (χ3v) is 6.15. The highest BCUT2D eigenvalue weighted by Gasteiger charge is 2.12. The number of unbranched alkanes of at least 4 members (excludes halogenated alkanes) is 5. The predicted molar refractivity (Wildman–Crippen MR) is 153 cm³/mol. The van der Waals surface area contributed by atoms with Gasteiger partial charge in [-0.3, -0.25) is 0 Å². The second-order valence-electron chi connectivity index (χ2n) is 9.17. The summed E-state index contributed by atoms with van der Waals surface area (Å²) in [7, 11) is 0. The fourth-order valence-electron chi connectivity index (χ4n) is 3.80. The van der Waals surface area contributed by atoms with Gasteiger partial charge in [0.15, 0.2) is 0 Å². The summed E-state index contributed by atoms with van der Waals surface area (Å²) in [5, 5.41) is 0. The Morgan fingerprint density at radius 1 is 0.625 bits per heavy atom. The van der Waals surface area contributed by atoms with Crippen LogP contribution in [0.4, 0.5) is 0 Å². The summed E-state index contributed by atoms with van der Waals surface area (Å²) in [4.78, 5) is 35.9. The Labute approximate surface area is 235 Å². The molecule has 7 heteroatoms. The minimum atomic E-state index is -0.503. The maximum absolute atomic E-state index is 12.5. The third-order valence-electron chi connectivity index (χ3n) is 6.15. The first-order valence-electron chi connectivity index (χ1n) is 13.6. The molecule has 0 spiro atoms. The van der Waals surface area contributed by atoms with E-state index in [1.165, 1.54) is 6.08 Å². The molecule has 3 aromatic carbocycles. The summed E-state index contributed by atoms with van der Waals surface area (Å²) in [5.74, 6) is 0.128. The molecule has 0 aromatic heterocycles. The van der Waals surface area contributed by atoms with Crippen molar-refractivity contribution in [1.29, 1.82) is 0 Å². The molecule has 0 amide bonds. The highest BCUT2D eigenvalue weighted by atomic mass is 16.5. The van der Waals surface area contributed by atoms with Crippen molar-refractivity contribution in [2.75, 3.05) is 13.2 Å². The van der Waals surface area contributed by atoms with Crippen LogP contribution in [0.1, 0.15) is 71.7 Å². The molecule has 0 saturated carbocycles. The summed E-state index contributed by atoms with van der Waals surface area (Å²) >= 11 is 0. The Morgan fingerprint density at radius 2 is 1.07 bits per heavy atom. The number of rotatable bonds is 16. The van der Waals surface area contributed by atoms with Gasteiger partial charge in [0, 0.05) is 6.08 Å². The molecule has 0 unspecified atom stereocenters. The van der Waals surface area contributed by atoms with Gasteiger partial charge in [-0.1, -0.05) is 51.3 Å². The van der Waals surface area contributed by atoms with Gasteiger partial charge >= 0.3 is 17.9 Å². The van der Waals surface area contributed by atoms with Crippen LogP contribution in [0.2, 0.25) is 0 Å². The number of carbonyl (C=O) groups is 3. The monoisotopic (exact) mass is 544 g/mol. The zero-order valence-electron chi connectivity index (χ0n) is 22.9. The Bertz CT molecular complexity index is 1230. The lowest BCUT2D eigenvalue weighted by molar-refractivity contribution is -0.137. The molecule has 0 fully saturated rings. The van der Waals surface area contributed by atoms with Gasteiger partial charge in [0.25, 0.3) is 0 Å². The smallest absolute Gasteiger partial charge is 0.343 e. The number of esters is 3. The zero-order valence-corrected chi connectivity index (χ0v) is 22.9. The van der Waals surface area contributed by atoms with E-state index < -0.39 is 11.9 Å². The number of benzene rings is 3. The van der Waals surface area contributed by atoms with E-state index in [9.17, 15) is 14.4 Å². The first-order chi connectivity index (χ1) is 19.5. The molecule has 0 bridgehead atoms. The van der Waals surface area contributed by atoms with Crippen molar-refractivity contribution in [3.8, 4) is 17.2 Å². The number of hydrogen-bond donors (Lipinski definition) is 0. The molecule has 0 saturated heterocycles.